The summed E-state index contributed by atoms with van der Waals surface area (Å²) < 4.78 is 0. The quantitative estimate of drug-likeness (QED) is 0.839. The molecule has 1 aliphatic rings. The van der Waals surface area contributed by atoms with E-state index >= 15 is 0 Å². The number of carbonyl (C=O) groups excluding carboxylic acids is 1. The molecule has 4 nitrogen and oxygen atoms in total. The molecule has 2 atom stereocenters. The highest BCUT2D eigenvalue weighted by molar-refractivity contribution is 6.34. The van der Waals surface area contributed by atoms with E-state index in [-0.39, 0.29) is 22.3 Å². The predicted molar refractivity (Wildman–Crippen MR) is 69.9 cm³/mol. The Kier molecular flexibility index (Phi) is 4.43. The molecule has 0 saturated heterocycles. The number of aromatic nitrogens is 1. The van der Waals surface area contributed by atoms with Gasteiger partial charge < -0.3 is 10.4 Å². The third kappa shape index (κ3) is 3.34. The van der Waals surface area contributed by atoms with Crippen LogP contribution >= 0.6 is 23.2 Å². The van der Waals surface area contributed by atoms with E-state index in [0.717, 1.165) is 19.3 Å². The maximum absolute atomic E-state index is 11.9. The van der Waals surface area contributed by atoms with Gasteiger partial charge in [-0.1, -0.05) is 23.2 Å². The van der Waals surface area contributed by atoms with E-state index in [0.29, 0.717) is 18.0 Å². The van der Waals surface area contributed by atoms with E-state index in [1.165, 1.54) is 6.07 Å². The van der Waals surface area contributed by atoms with Gasteiger partial charge in [-0.3, -0.25) is 4.79 Å². The van der Waals surface area contributed by atoms with Crippen molar-refractivity contribution in [3.63, 3.8) is 0 Å². The van der Waals surface area contributed by atoms with Crippen LogP contribution in [-0.2, 0) is 0 Å². The van der Waals surface area contributed by atoms with Gasteiger partial charge >= 0.3 is 0 Å². The molecule has 1 aromatic heterocycles. The van der Waals surface area contributed by atoms with Crippen LogP contribution in [0.2, 0.25) is 10.3 Å². The number of aliphatic hydroxyl groups excluding tert-OH is 1. The van der Waals surface area contributed by atoms with E-state index in [1.54, 1.807) is 6.07 Å². The molecule has 1 saturated carbocycles. The lowest BCUT2D eigenvalue weighted by atomic mass is 10.1. The molecule has 0 aromatic carbocycles. The largest absolute Gasteiger partial charge is 0.393 e. The SMILES string of the molecule is O=C(NCC1CCC(O)C1)c1ccc(Cl)nc1Cl. The molecule has 1 heterocycles. The molecule has 6 heteroatoms. The fraction of sp³-hybridized carbons (Fsp3) is 0.500. The van der Waals surface area contributed by atoms with Crippen molar-refractivity contribution in [2.75, 3.05) is 6.54 Å². The number of amides is 1. The van der Waals surface area contributed by atoms with E-state index in [4.69, 9.17) is 23.2 Å². The molecule has 0 radical (unpaired) electrons. The van der Waals surface area contributed by atoms with Crippen molar-refractivity contribution in [2.24, 2.45) is 5.92 Å². The lowest BCUT2D eigenvalue weighted by molar-refractivity contribution is 0.0945. The third-order valence-corrected chi connectivity index (χ3v) is 3.62. The number of hydrogen-bond donors (Lipinski definition) is 2. The minimum absolute atomic E-state index is 0.103. The second-order valence-corrected chi connectivity index (χ2v) is 5.26. The predicted octanol–water partition coefficient (Wildman–Crippen LogP) is 2.28. The van der Waals surface area contributed by atoms with Crippen molar-refractivity contribution in [2.45, 2.75) is 25.4 Å². The number of hydrogen-bond acceptors (Lipinski definition) is 3. The Morgan fingerprint density at radius 2 is 2.22 bits per heavy atom. The van der Waals surface area contributed by atoms with Gasteiger partial charge in [0.1, 0.15) is 10.3 Å². The van der Waals surface area contributed by atoms with Gasteiger partial charge in [0.25, 0.3) is 5.91 Å². The molecule has 1 aromatic rings. The first-order valence-electron chi connectivity index (χ1n) is 5.84. The molecular formula is C12H14Cl2N2O2. The molecule has 0 bridgehead atoms. The van der Waals surface area contributed by atoms with Crippen LogP contribution in [-0.4, -0.2) is 28.6 Å². The first-order valence-corrected chi connectivity index (χ1v) is 6.60. The molecule has 2 unspecified atom stereocenters. The van der Waals surface area contributed by atoms with Crippen molar-refractivity contribution in [1.82, 2.24) is 10.3 Å². The topological polar surface area (TPSA) is 62.2 Å². The van der Waals surface area contributed by atoms with E-state index < -0.39 is 0 Å². The van der Waals surface area contributed by atoms with Crippen LogP contribution in [0.15, 0.2) is 12.1 Å². The molecular weight excluding hydrogens is 275 g/mol. The van der Waals surface area contributed by atoms with Crippen LogP contribution in [0.5, 0.6) is 0 Å². The van der Waals surface area contributed by atoms with Gasteiger partial charge in [0.05, 0.1) is 11.7 Å². The number of halogens is 2. The number of nitrogens with zero attached hydrogens (tertiary/aromatic N) is 1. The molecule has 0 aliphatic heterocycles. The van der Waals surface area contributed by atoms with Crippen LogP contribution in [0.1, 0.15) is 29.6 Å². The highest BCUT2D eigenvalue weighted by Gasteiger charge is 2.23. The second kappa shape index (κ2) is 5.87. The molecule has 1 aliphatic carbocycles. The normalized spacial score (nSPS) is 23.1. The van der Waals surface area contributed by atoms with Gasteiger partial charge in [-0.2, -0.15) is 0 Å². The first-order chi connectivity index (χ1) is 8.56. The van der Waals surface area contributed by atoms with Gasteiger partial charge in [0.2, 0.25) is 0 Å². The van der Waals surface area contributed by atoms with Crippen LogP contribution in [0.25, 0.3) is 0 Å². The van der Waals surface area contributed by atoms with Crippen LogP contribution in [0.4, 0.5) is 0 Å². The Bertz CT molecular complexity index is 454. The monoisotopic (exact) mass is 288 g/mol. The summed E-state index contributed by atoms with van der Waals surface area (Å²) in [6, 6.07) is 3.08. The smallest absolute Gasteiger partial charge is 0.254 e. The van der Waals surface area contributed by atoms with Crippen LogP contribution in [0.3, 0.4) is 0 Å². The third-order valence-electron chi connectivity index (χ3n) is 3.12. The Hall–Kier alpha value is -0.840. The number of nitrogens with one attached hydrogen (secondary N) is 1. The molecule has 0 spiro atoms. The van der Waals surface area contributed by atoms with E-state index in [1.807, 2.05) is 0 Å². The molecule has 1 fully saturated rings. The lowest BCUT2D eigenvalue weighted by Crippen LogP contribution is -2.29. The maximum atomic E-state index is 11.9. The van der Waals surface area contributed by atoms with E-state index in [9.17, 15) is 9.90 Å². The summed E-state index contributed by atoms with van der Waals surface area (Å²) in [5.74, 6) is 0.0774. The summed E-state index contributed by atoms with van der Waals surface area (Å²) in [6.45, 7) is 0.550. The fourth-order valence-corrected chi connectivity index (χ4v) is 2.58. The first kappa shape index (κ1) is 13.6. The fourth-order valence-electron chi connectivity index (χ4n) is 2.15. The average molecular weight is 289 g/mol. The summed E-state index contributed by atoms with van der Waals surface area (Å²) in [7, 11) is 0. The number of carbonyl (C=O) groups is 1. The van der Waals surface area contributed by atoms with Crippen molar-refractivity contribution in [1.29, 1.82) is 0 Å². The Balaban J connectivity index is 1.91. The van der Waals surface area contributed by atoms with E-state index in [2.05, 4.69) is 10.3 Å². The zero-order valence-corrected chi connectivity index (χ0v) is 11.2. The molecule has 98 valence electrons. The molecule has 1 amide bonds. The maximum Gasteiger partial charge on any atom is 0.254 e. The highest BCUT2D eigenvalue weighted by atomic mass is 35.5. The minimum Gasteiger partial charge on any atom is -0.393 e. The number of aliphatic hydroxyl groups is 1. The zero-order valence-electron chi connectivity index (χ0n) is 9.70. The van der Waals surface area contributed by atoms with Gasteiger partial charge in [0, 0.05) is 6.54 Å². The van der Waals surface area contributed by atoms with Crippen LogP contribution in [0, 0.1) is 5.92 Å². The summed E-state index contributed by atoms with van der Waals surface area (Å²) in [6.07, 6.45) is 2.26. The lowest BCUT2D eigenvalue weighted by Gasteiger charge is -2.11. The molecule has 18 heavy (non-hydrogen) atoms. The van der Waals surface area contributed by atoms with Crippen molar-refractivity contribution in [3.8, 4) is 0 Å². The average Bonchev–Trinajstić information content (AvgIpc) is 2.72. The van der Waals surface area contributed by atoms with Crippen molar-refractivity contribution in [3.05, 3.63) is 28.0 Å². The summed E-state index contributed by atoms with van der Waals surface area (Å²) in [4.78, 5) is 15.7. The summed E-state index contributed by atoms with van der Waals surface area (Å²) in [5.41, 5.74) is 0.319. The molecule has 2 N–H and O–H groups in total. The standard InChI is InChI=1S/C12H14Cl2N2O2/c13-10-4-3-9(11(14)16-10)12(18)15-6-7-1-2-8(17)5-7/h3-4,7-8,17H,1-2,5-6H2,(H,15,18). The summed E-state index contributed by atoms with van der Waals surface area (Å²) >= 11 is 11.5. The van der Waals surface area contributed by atoms with Crippen LogP contribution < -0.4 is 5.32 Å². The van der Waals surface area contributed by atoms with Crippen molar-refractivity contribution >= 4 is 29.1 Å². The Morgan fingerprint density at radius 1 is 1.44 bits per heavy atom. The minimum atomic E-state index is -0.259. The van der Waals surface area contributed by atoms with Crippen molar-refractivity contribution < 1.29 is 9.90 Å². The van der Waals surface area contributed by atoms with Gasteiger partial charge in [-0.15, -0.1) is 0 Å². The second-order valence-electron chi connectivity index (χ2n) is 4.52. The number of pyridine rings is 1. The Morgan fingerprint density at radius 3 is 2.83 bits per heavy atom. The number of rotatable bonds is 3. The zero-order chi connectivity index (χ0) is 13.1. The molecule has 2 rings (SSSR count). The highest BCUT2D eigenvalue weighted by Crippen LogP contribution is 2.24. The Labute approximate surface area is 115 Å². The summed E-state index contributed by atoms with van der Waals surface area (Å²) in [5, 5.41) is 12.6. The van der Waals surface area contributed by atoms with Gasteiger partial charge in [-0.25, -0.2) is 4.98 Å². The van der Waals surface area contributed by atoms with Gasteiger partial charge in [-0.05, 0) is 37.3 Å². The van der Waals surface area contributed by atoms with Gasteiger partial charge in [0.15, 0.2) is 0 Å².